The lowest BCUT2D eigenvalue weighted by Gasteiger charge is -2.13. The van der Waals surface area contributed by atoms with Gasteiger partial charge in [-0.05, 0) is 48.9 Å². The van der Waals surface area contributed by atoms with Crippen LogP contribution in [0.15, 0.2) is 66.2 Å². The second-order valence-corrected chi connectivity index (χ2v) is 9.00. The van der Waals surface area contributed by atoms with Crippen LogP contribution < -0.4 is 10.6 Å². The molecule has 0 unspecified atom stereocenters. The normalized spacial score (nSPS) is 10.8. The highest BCUT2D eigenvalue weighted by Gasteiger charge is 2.20. The highest BCUT2D eigenvalue weighted by Crippen LogP contribution is 2.27. The lowest BCUT2D eigenvalue weighted by molar-refractivity contribution is -0.115. The number of rotatable bonds is 7. The summed E-state index contributed by atoms with van der Waals surface area (Å²) in [6, 6.07) is 17.9. The Balaban J connectivity index is 1.48. The molecule has 0 radical (unpaired) electrons. The van der Waals surface area contributed by atoms with Crippen molar-refractivity contribution in [3.63, 3.8) is 0 Å². The Morgan fingerprint density at radius 3 is 2.39 bits per heavy atom. The highest BCUT2D eigenvalue weighted by molar-refractivity contribution is 7.13. The van der Waals surface area contributed by atoms with Crippen molar-refractivity contribution in [1.82, 2.24) is 15.1 Å². The van der Waals surface area contributed by atoms with E-state index in [4.69, 9.17) is 0 Å². The molecule has 0 saturated carbocycles. The number of aryl methyl sites for hydroxylation is 3. The molecule has 0 aliphatic carbocycles. The first kappa shape index (κ1) is 22.5. The van der Waals surface area contributed by atoms with Crippen LogP contribution in [0.4, 0.5) is 5.69 Å². The molecule has 0 aliphatic heterocycles. The molecule has 2 aromatic heterocycles. The third-order valence-corrected chi connectivity index (χ3v) is 6.18. The quantitative estimate of drug-likeness (QED) is 0.411. The molecular formula is C26H26N4O2S. The number of benzene rings is 2. The number of thiophene rings is 1. The predicted octanol–water partition coefficient (Wildman–Crippen LogP) is 4.95. The number of carbonyl (C=O) groups is 2. The van der Waals surface area contributed by atoms with E-state index in [1.807, 2.05) is 80.7 Å². The van der Waals surface area contributed by atoms with E-state index in [9.17, 15) is 9.59 Å². The number of amides is 2. The second kappa shape index (κ2) is 9.83. The molecule has 2 N–H and O–H groups in total. The van der Waals surface area contributed by atoms with Gasteiger partial charge in [0.1, 0.15) is 5.69 Å². The monoisotopic (exact) mass is 458 g/mol. The van der Waals surface area contributed by atoms with E-state index in [-0.39, 0.29) is 18.4 Å². The van der Waals surface area contributed by atoms with Crippen molar-refractivity contribution in [2.45, 2.75) is 27.3 Å². The van der Waals surface area contributed by atoms with Gasteiger partial charge in [-0.2, -0.15) is 5.10 Å². The molecule has 7 heteroatoms. The van der Waals surface area contributed by atoms with Crippen LogP contribution >= 0.6 is 11.3 Å². The predicted molar refractivity (Wildman–Crippen MR) is 133 cm³/mol. The summed E-state index contributed by atoms with van der Waals surface area (Å²) in [6.45, 7) is 6.37. The first-order valence-corrected chi connectivity index (χ1v) is 11.6. The van der Waals surface area contributed by atoms with E-state index in [0.717, 1.165) is 32.8 Å². The maximum atomic E-state index is 13.0. The molecule has 0 saturated heterocycles. The number of aromatic nitrogens is 2. The maximum absolute atomic E-state index is 13.0. The van der Waals surface area contributed by atoms with Gasteiger partial charge in [0, 0.05) is 11.9 Å². The molecule has 4 rings (SSSR count). The Morgan fingerprint density at radius 2 is 1.73 bits per heavy atom. The van der Waals surface area contributed by atoms with Crippen LogP contribution in [0.2, 0.25) is 0 Å². The van der Waals surface area contributed by atoms with Gasteiger partial charge in [-0.15, -0.1) is 11.3 Å². The Kier molecular flexibility index (Phi) is 6.70. The van der Waals surface area contributed by atoms with Crippen molar-refractivity contribution < 1.29 is 9.59 Å². The average Bonchev–Trinajstić information content (AvgIpc) is 3.45. The Labute approximate surface area is 197 Å². The van der Waals surface area contributed by atoms with Gasteiger partial charge < -0.3 is 10.6 Å². The summed E-state index contributed by atoms with van der Waals surface area (Å²) in [6.07, 6.45) is 1.74. The van der Waals surface area contributed by atoms with Gasteiger partial charge in [0.2, 0.25) is 5.91 Å². The van der Waals surface area contributed by atoms with Crippen LogP contribution in [0, 0.1) is 20.8 Å². The highest BCUT2D eigenvalue weighted by atomic mass is 32.1. The third-order valence-electron chi connectivity index (χ3n) is 5.30. The molecule has 33 heavy (non-hydrogen) atoms. The maximum Gasteiger partial charge on any atom is 0.255 e. The molecular weight excluding hydrogens is 432 g/mol. The molecule has 2 aromatic carbocycles. The summed E-state index contributed by atoms with van der Waals surface area (Å²) in [4.78, 5) is 26.5. The Morgan fingerprint density at radius 1 is 1.00 bits per heavy atom. The third kappa shape index (κ3) is 5.38. The molecule has 2 amide bonds. The molecule has 6 nitrogen and oxygen atoms in total. The average molecular weight is 459 g/mol. The van der Waals surface area contributed by atoms with Gasteiger partial charge in [-0.25, -0.2) is 0 Å². The van der Waals surface area contributed by atoms with Crippen molar-refractivity contribution in [1.29, 1.82) is 0 Å². The first-order chi connectivity index (χ1) is 15.9. The minimum absolute atomic E-state index is 0.126. The van der Waals surface area contributed by atoms with Crippen LogP contribution in [0.25, 0.3) is 10.6 Å². The fourth-order valence-electron chi connectivity index (χ4n) is 3.85. The van der Waals surface area contributed by atoms with E-state index in [2.05, 4.69) is 15.7 Å². The van der Waals surface area contributed by atoms with Crippen LogP contribution in [-0.4, -0.2) is 28.1 Å². The van der Waals surface area contributed by atoms with Gasteiger partial charge in [-0.1, -0.05) is 54.1 Å². The Bertz CT molecular complexity index is 1250. The van der Waals surface area contributed by atoms with Gasteiger partial charge in [0.15, 0.2) is 0 Å². The zero-order valence-electron chi connectivity index (χ0n) is 18.9. The first-order valence-electron chi connectivity index (χ1n) is 10.7. The van der Waals surface area contributed by atoms with Crippen molar-refractivity contribution in [3.05, 3.63) is 94.0 Å². The van der Waals surface area contributed by atoms with E-state index >= 15 is 0 Å². The number of anilines is 1. The lowest BCUT2D eigenvalue weighted by atomic mass is 10.1. The second-order valence-electron chi connectivity index (χ2n) is 8.06. The Hall–Kier alpha value is -3.71. The summed E-state index contributed by atoms with van der Waals surface area (Å²) in [5.74, 6) is -0.599. The van der Waals surface area contributed by atoms with Crippen LogP contribution in [0.5, 0.6) is 0 Å². The molecule has 168 valence electrons. The largest absolute Gasteiger partial charge is 0.343 e. The van der Waals surface area contributed by atoms with Crippen molar-refractivity contribution in [2.75, 3.05) is 11.9 Å². The topological polar surface area (TPSA) is 76.0 Å². The van der Waals surface area contributed by atoms with Crippen LogP contribution in [0.3, 0.4) is 0 Å². The van der Waals surface area contributed by atoms with Crippen molar-refractivity contribution >= 4 is 28.8 Å². The van der Waals surface area contributed by atoms with Gasteiger partial charge >= 0.3 is 0 Å². The fourth-order valence-corrected chi connectivity index (χ4v) is 4.57. The molecule has 0 bridgehead atoms. The summed E-state index contributed by atoms with van der Waals surface area (Å²) in [5, 5.41) is 12.3. The summed E-state index contributed by atoms with van der Waals surface area (Å²) in [7, 11) is 0. The van der Waals surface area contributed by atoms with Gasteiger partial charge in [-0.3, -0.25) is 14.3 Å². The number of nitrogens with one attached hydrogen (secondary N) is 2. The number of nitrogens with zero attached hydrogens (tertiary/aromatic N) is 2. The molecule has 0 atom stereocenters. The smallest absolute Gasteiger partial charge is 0.255 e. The lowest BCUT2D eigenvalue weighted by Crippen LogP contribution is -2.33. The summed E-state index contributed by atoms with van der Waals surface area (Å²) < 4.78 is 1.76. The molecule has 0 fully saturated rings. The zero-order valence-corrected chi connectivity index (χ0v) is 19.7. The minimum atomic E-state index is -0.329. The summed E-state index contributed by atoms with van der Waals surface area (Å²) >= 11 is 1.52. The van der Waals surface area contributed by atoms with Crippen molar-refractivity contribution in [2.24, 2.45) is 0 Å². The van der Waals surface area contributed by atoms with Gasteiger partial charge in [0.05, 0.1) is 23.5 Å². The van der Waals surface area contributed by atoms with E-state index in [0.29, 0.717) is 17.8 Å². The standard InChI is InChI=1S/C26H26N4O2S/c1-17-12-18(2)24(19(3)13-17)28-23(31)14-27-26(32)21-16-30(15-20-8-5-4-6-9-20)29-25(21)22-10-7-11-33-22/h4-13,16H,14-15H2,1-3H3,(H,27,32)(H,28,31). The van der Waals surface area contributed by atoms with Gasteiger partial charge in [0.25, 0.3) is 5.91 Å². The molecule has 0 aliphatic rings. The van der Waals surface area contributed by atoms with E-state index < -0.39 is 0 Å². The van der Waals surface area contributed by atoms with E-state index in [1.54, 1.807) is 10.9 Å². The van der Waals surface area contributed by atoms with Crippen LogP contribution in [0.1, 0.15) is 32.6 Å². The zero-order chi connectivity index (χ0) is 23.4. The molecule has 2 heterocycles. The number of hydrogen-bond donors (Lipinski definition) is 2. The molecule has 0 spiro atoms. The number of hydrogen-bond acceptors (Lipinski definition) is 4. The fraction of sp³-hybridized carbons (Fsp3) is 0.192. The SMILES string of the molecule is Cc1cc(C)c(NC(=O)CNC(=O)c2cn(Cc3ccccc3)nc2-c2cccs2)c(C)c1. The van der Waals surface area contributed by atoms with Crippen molar-refractivity contribution in [3.8, 4) is 10.6 Å². The summed E-state index contributed by atoms with van der Waals surface area (Å²) in [5.41, 5.74) is 6.07. The minimum Gasteiger partial charge on any atom is -0.343 e. The molecule has 4 aromatic rings. The van der Waals surface area contributed by atoms with Crippen LogP contribution in [-0.2, 0) is 11.3 Å². The number of carbonyl (C=O) groups excluding carboxylic acids is 2. The van der Waals surface area contributed by atoms with E-state index in [1.165, 1.54) is 11.3 Å².